The van der Waals surface area contributed by atoms with Gasteiger partial charge in [-0.1, -0.05) is 53.7 Å². The van der Waals surface area contributed by atoms with E-state index < -0.39 is 0 Å². The highest BCUT2D eigenvalue weighted by Gasteiger charge is 2.09. The van der Waals surface area contributed by atoms with E-state index in [4.69, 9.17) is 11.6 Å². The van der Waals surface area contributed by atoms with Crippen LogP contribution < -0.4 is 5.32 Å². The fraction of sp³-hybridized carbons (Fsp3) is 0.133. The number of thioether (sulfide) groups is 1. The lowest BCUT2D eigenvalue weighted by atomic mass is 10.2. The van der Waals surface area contributed by atoms with E-state index >= 15 is 0 Å². The highest BCUT2D eigenvalue weighted by molar-refractivity contribution is 8.00. The fourth-order valence-electron chi connectivity index (χ4n) is 1.57. The van der Waals surface area contributed by atoms with Crippen molar-refractivity contribution in [1.29, 1.82) is 0 Å². The van der Waals surface area contributed by atoms with Crippen molar-refractivity contribution in [3.05, 3.63) is 65.2 Å². The van der Waals surface area contributed by atoms with Crippen LogP contribution in [0.3, 0.4) is 0 Å². The van der Waals surface area contributed by atoms with Crippen LogP contribution in [-0.2, 0) is 11.3 Å². The van der Waals surface area contributed by atoms with Gasteiger partial charge in [-0.25, -0.2) is 0 Å². The lowest BCUT2D eigenvalue weighted by Gasteiger charge is -2.13. The Hall–Kier alpha value is -1.29. The number of carbonyl (C=O) groups excluding carboxylic acids is 1. The summed E-state index contributed by atoms with van der Waals surface area (Å²) in [6, 6.07) is 18.1. The van der Waals surface area contributed by atoms with E-state index in [1.54, 1.807) is 0 Å². The van der Waals surface area contributed by atoms with Gasteiger partial charge in [0.1, 0.15) is 11.7 Å². The predicted octanol–water partition coefficient (Wildman–Crippen LogP) is 3.55. The zero-order chi connectivity index (χ0) is 13.5. The number of aldehydes is 1. The van der Waals surface area contributed by atoms with Gasteiger partial charge >= 0.3 is 0 Å². The fourth-order valence-corrected chi connectivity index (χ4v) is 2.58. The van der Waals surface area contributed by atoms with Crippen molar-refractivity contribution in [3.63, 3.8) is 0 Å². The molecule has 0 spiro atoms. The zero-order valence-electron chi connectivity index (χ0n) is 10.2. The molecule has 0 saturated heterocycles. The molecule has 4 heteroatoms. The van der Waals surface area contributed by atoms with Gasteiger partial charge in [0, 0.05) is 16.5 Å². The molecule has 97 valence electrons. The topological polar surface area (TPSA) is 29.1 Å². The summed E-state index contributed by atoms with van der Waals surface area (Å²) in [7, 11) is 0. The largest absolute Gasteiger partial charge is 0.301 e. The van der Waals surface area contributed by atoms with Gasteiger partial charge in [0.2, 0.25) is 0 Å². The van der Waals surface area contributed by atoms with E-state index in [1.807, 2.05) is 48.5 Å². The smallest absolute Gasteiger partial charge is 0.147 e. The molecule has 2 nitrogen and oxygen atoms in total. The van der Waals surface area contributed by atoms with Crippen LogP contribution in [0.15, 0.2) is 53.4 Å². The second-order valence-electron chi connectivity index (χ2n) is 3.88. The molecule has 2 rings (SSSR count). The number of carbonyl (C=O) groups is 1. The molecule has 0 amide bonds. The Morgan fingerprint density at radius 1 is 1.26 bits per heavy atom. The lowest BCUT2D eigenvalue weighted by molar-refractivity contribution is -0.107. The molecule has 0 heterocycles. The summed E-state index contributed by atoms with van der Waals surface area (Å²) in [5.74, 6) is 0. The summed E-state index contributed by atoms with van der Waals surface area (Å²) in [5.41, 5.74) is 0.984. The maximum atomic E-state index is 11.1. The van der Waals surface area contributed by atoms with Crippen molar-refractivity contribution in [2.24, 2.45) is 0 Å². The maximum absolute atomic E-state index is 11.1. The van der Waals surface area contributed by atoms with Crippen molar-refractivity contribution in [2.45, 2.75) is 16.8 Å². The van der Waals surface area contributed by atoms with E-state index in [1.165, 1.54) is 11.8 Å². The molecule has 1 N–H and O–H groups in total. The molecular formula is C15H13ClNOS. The summed E-state index contributed by atoms with van der Waals surface area (Å²) in [6.45, 7) is 0.565. The number of halogens is 1. The van der Waals surface area contributed by atoms with Crippen LogP contribution in [-0.4, -0.2) is 11.7 Å². The summed E-state index contributed by atoms with van der Waals surface area (Å²) >= 11 is 7.54. The third kappa shape index (κ3) is 4.39. The van der Waals surface area contributed by atoms with E-state index in [0.717, 1.165) is 16.7 Å². The highest BCUT2D eigenvalue weighted by atomic mass is 35.5. The number of nitrogens with one attached hydrogen (secondary N) is 1. The first-order chi connectivity index (χ1) is 9.29. The van der Waals surface area contributed by atoms with E-state index in [9.17, 15) is 4.79 Å². The van der Waals surface area contributed by atoms with Crippen molar-refractivity contribution in [3.8, 4) is 0 Å². The normalized spacial score (nSPS) is 12.1. The summed E-state index contributed by atoms with van der Waals surface area (Å²) < 4.78 is 0. The van der Waals surface area contributed by atoms with Crippen molar-refractivity contribution in [1.82, 2.24) is 5.32 Å². The SMILES string of the molecule is O=CC(NCc1ccccc1Cl)Sc1cc[c]cc1. The Morgan fingerprint density at radius 2 is 2.00 bits per heavy atom. The Bertz CT molecular complexity index is 533. The molecule has 0 saturated carbocycles. The number of hydrogen-bond acceptors (Lipinski definition) is 3. The molecule has 0 aliphatic carbocycles. The van der Waals surface area contributed by atoms with E-state index in [0.29, 0.717) is 11.6 Å². The van der Waals surface area contributed by atoms with Crippen LogP contribution >= 0.6 is 23.4 Å². The first kappa shape index (κ1) is 14.1. The highest BCUT2D eigenvalue weighted by Crippen LogP contribution is 2.21. The first-order valence-electron chi connectivity index (χ1n) is 5.84. The average molecular weight is 291 g/mol. The Balaban J connectivity index is 1.93. The van der Waals surface area contributed by atoms with Gasteiger partial charge in [-0.3, -0.25) is 5.32 Å². The average Bonchev–Trinajstić information content (AvgIpc) is 2.46. The summed E-state index contributed by atoms with van der Waals surface area (Å²) in [6.07, 6.45) is 0.901. The van der Waals surface area contributed by atoms with E-state index in [2.05, 4.69) is 11.4 Å². The predicted molar refractivity (Wildman–Crippen MR) is 79.3 cm³/mol. The van der Waals surface area contributed by atoms with Crippen LogP contribution in [0.25, 0.3) is 0 Å². The van der Waals surface area contributed by atoms with Crippen LogP contribution in [0.1, 0.15) is 5.56 Å². The van der Waals surface area contributed by atoms with Gasteiger partial charge in [0.05, 0.1) is 0 Å². The number of rotatable bonds is 6. The number of benzene rings is 2. The number of hydrogen-bond donors (Lipinski definition) is 1. The molecule has 0 aliphatic heterocycles. The minimum absolute atomic E-state index is 0.293. The molecule has 2 aromatic carbocycles. The van der Waals surface area contributed by atoms with Crippen LogP contribution in [0, 0.1) is 6.07 Å². The first-order valence-corrected chi connectivity index (χ1v) is 7.10. The van der Waals surface area contributed by atoms with Gasteiger partial charge in [-0.2, -0.15) is 0 Å². The molecule has 0 fully saturated rings. The van der Waals surface area contributed by atoms with Crippen LogP contribution in [0.5, 0.6) is 0 Å². The monoisotopic (exact) mass is 290 g/mol. The van der Waals surface area contributed by atoms with Crippen LogP contribution in [0.2, 0.25) is 5.02 Å². The quantitative estimate of drug-likeness (QED) is 0.501. The molecule has 1 radical (unpaired) electrons. The molecule has 1 unspecified atom stereocenters. The Labute approximate surface area is 122 Å². The van der Waals surface area contributed by atoms with E-state index in [-0.39, 0.29) is 5.37 Å². The van der Waals surface area contributed by atoms with Gasteiger partial charge < -0.3 is 4.79 Å². The van der Waals surface area contributed by atoms with Gasteiger partial charge in [0.15, 0.2) is 0 Å². The van der Waals surface area contributed by atoms with Crippen molar-refractivity contribution >= 4 is 29.6 Å². The minimum atomic E-state index is -0.293. The molecule has 2 aromatic rings. The summed E-state index contributed by atoms with van der Waals surface area (Å²) in [4.78, 5) is 12.1. The zero-order valence-corrected chi connectivity index (χ0v) is 11.7. The molecule has 0 aromatic heterocycles. The van der Waals surface area contributed by atoms with Crippen molar-refractivity contribution in [2.75, 3.05) is 0 Å². The van der Waals surface area contributed by atoms with Gasteiger partial charge in [-0.15, -0.1) is 0 Å². The second-order valence-corrected chi connectivity index (χ2v) is 5.50. The Morgan fingerprint density at radius 3 is 2.68 bits per heavy atom. The van der Waals surface area contributed by atoms with Crippen LogP contribution in [0.4, 0.5) is 0 Å². The standard InChI is InChI=1S/C15H13ClNOS/c16-14-9-5-4-6-12(14)10-17-15(11-18)19-13-7-2-1-3-8-13/h2-9,11,15,17H,10H2. The second kappa shape index (κ2) is 7.34. The lowest BCUT2D eigenvalue weighted by Crippen LogP contribution is -2.26. The Kier molecular flexibility index (Phi) is 5.45. The molecule has 0 aliphatic rings. The van der Waals surface area contributed by atoms with Gasteiger partial charge in [0.25, 0.3) is 0 Å². The third-order valence-corrected chi connectivity index (χ3v) is 3.97. The third-order valence-electron chi connectivity index (χ3n) is 2.53. The molecule has 19 heavy (non-hydrogen) atoms. The minimum Gasteiger partial charge on any atom is -0.301 e. The van der Waals surface area contributed by atoms with Gasteiger partial charge in [-0.05, 0) is 29.8 Å². The molecule has 0 bridgehead atoms. The molecule has 1 atom stereocenters. The maximum Gasteiger partial charge on any atom is 0.147 e. The summed E-state index contributed by atoms with van der Waals surface area (Å²) in [5, 5.41) is 3.59. The van der Waals surface area contributed by atoms with Crippen molar-refractivity contribution < 1.29 is 4.79 Å². The molecular weight excluding hydrogens is 278 g/mol.